The fourth-order valence-electron chi connectivity index (χ4n) is 1.63. The monoisotopic (exact) mass is 258 g/mol. The fraction of sp³-hybridized carbons (Fsp3) is 0.250. The highest BCUT2D eigenvalue weighted by atomic mass is 19.4. The van der Waals surface area contributed by atoms with Crippen molar-refractivity contribution in [3.05, 3.63) is 41.3 Å². The van der Waals surface area contributed by atoms with E-state index in [4.69, 9.17) is 0 Å². The van der Waals surface area contributed by atoms with E-state index in [-0.39, 0.29) is 5.69 Å². The van der Waals surface area contributed by atoms with Crippen LogP contribution in [-0.2, 0) is 13.2 Å². The van der Waals surface area contributed by atoms with Gasteiger partial charge in [0.1, 0.15) is 5.82 Å². The van der Waals surface area contributed by atoms with Gasteiger partial charge in [-0.05, 0) is 24.6 Å². The molecule has 0 aliphatic heterocycles. The van der Waals surface area contributed by atoms with Crippen LogP contribution in [0.3, 0.4) is 0 Å². The summed E-state index contributed by atoms with van der Waals surface area (Å²) < 4.78 is 51.9. The predicted octanol–water partition coefficient (Wildman–Crippen LogP) is 3.55. The number of nitrogens with zero attached hydrogens (tertiary/aromatic N) is 2. The molecule has 0 atom stereocenters. The molecule has 0 unspecified atom stereocenters. The topological polar surface area (TPSA) is 17.8 Å². The molecule has 0 saturated heterocycles. The summed E-state index contributed by atoms with van der Waals surface area (Å²) in [6, 6.07) is 5.19. The lowest BCUT2D eigenvalue weighted by atomic mass is 10.1. The molecule has 2 rings (SSSR count). The lowest BCUT2D eigenvalue weighted by Gasteiger charge is -2.03. The molecule has 0 aliphatic carbocycles. The molecule has 0 aliphatic rings. The van der Waals surface area contributed by atoms with Gasteiger partial charge in [-0.15, -0.1) is 0 Å². The van der Waals surface area contributed by atoms with Crippen molar-refractivity contribution >= 4 is 0 Å². The molecular formula is C12H10F4N2. The van der Waals surface area contributed by atoms with Crippen molar-refractivity contribution < 1.29 is 17.6 Å². The second kappa shape index (κ2) is 4.12. The summed E-state index contributed by atoms with van der Waals surface area (Å²) in [7, 11) is 1.39. The zero-order valence-electron chi connectivity index (χ0n) is 9.72. The molecule has 0 radical (unpaired) electrons. The Morgan fingerprint density at radius 1 is 1.17 bits per heavy atom. The van der Waals surface area contributed by atoms with Gasteiger partial charge in [0.25, 0.3) is 0 Å². The molecule has 0 N–H and O–H groups in total. The average Bonchev–Trinajstić information content (AvgIpc) is 2.64. The van der Waals surface area contributed by atoms with Crippen molar-refractivity contribution in [1.82, 2.24) is 9.78 Å². The van der Waals surface area contributed by atoms with E-state index in [1.807, 2.05) is 0 Å². The Morgan fingerprint density at radius 3 is 2.33 bits per heavy atom. The number of hydrogen-bond donors (Lipinski definition) is 0. The van der Waals surface area contributed by atoms with Crippen molar-refractivity contribution in [2.24, 2.45) is 7.05 Å². The van der Waals surface area contributed by atoms with E-state index < -0.39 is 17.7 Å². The summed E-state index contributed by atoms with van der Waals surface area (Å²) in [6.45, 7) is 1.59. The van der Waals surface area contributed by atoms with Crippen LogP contribution in [-0.4, -0.2) is 9.78 Å². The van der Waals surface area contributed by atoms with Crippen molar-refractivity contribution in [2.75, 3.05) is 0 Å². The van der Waals surface area contributed by atoms with Crippen molar-refractivity contribution in [3.8, 4) is 11.3 Å². The maximum absolute atomic E-state index is 13.4. The van der Waals surface area contributed by atoms with E-state index in [0.29, 0.717) is 11.1 Å². The molecule has 0 bridgehead atoms. The van der Waals surface area contributed by atoms with E-state index in [2.05, 4.69) is 5.10 Å². The minimum absolute atomic E-state index is 0.223. The SMILES string of the molecule is Cc1ccc(-c2cc(C(F)(F)F)nn2C)cc1F. The molecule has 0 amide bonds. The Bertz CT molecular complexity index is 584. The standard InChI is InChI=1S/C12H10F4N2/c1-7-3-4-8(5-9(7)13)10-6-11(12(14,15)16)17-18(10)2/h3-6H,1-2H3. The number of hydrogen-bond acceptors (Lipinski definition) is 1. The van der Waals surface area contributed by atoms with Crippen molar-refractivity contribution in [1.29, 1.82) is 0 Å². The maximum atomic E-state index is 13.4. The van der Waals surface area contributed by atoms with Gasteiger partial charge in [-0.25, -0.2) is 4.39 Å². The van der Waals surface area contributed by atoms with E-state index in [0.717, 1.165) is 10.7 Å². The Labute approximate surface area is 101 Å². The molecule has 0 spiro atoms. The third kappa shape index (κ3) is 2.23. The number of halogens is 4. The lowest BCUT2D eigenvalue weighted by Crippen LogP contribution is -2.06. The van der Waals surface area contributed by atoms with E-state index >= 15 is 0 Å². The summed E-state index contributed by atoms with van der Waals surface area (Å²) in [5.74, 6) is -0.456. The number of alkyl halides is 3. The Kier molecular flexibility index (Phi) is 2.88. The van der Waals surface area contributed by atoms with Crippen LogP contribution in [0.4, 0.5) is 17.6 Å². The zero-order valence-corrected chi connectivity index (χ0v) is 9.72. The fourth-order valence-corrected chi connectivity index (χ4v) is 1.63. The van der Waals surface area contributed by atoms with Crippen LogP contribution in [0.25, 0.3) is 11.3 Å². The van der Waals surface area contributed by atoms with Crippen LogP contribution in [0.2, 0.25) is 0 Å². The van der Waals surface area contributed by atoms with Gasteiger partial charge < -0.3 is 0 Å². The molecule has 0 fully saturated rings. The van der Waals surface area contributed by atoms with Gasteiger partial charge in [0.05, 0.1) is 5.69 Å². The van der Waals surface area contributed by atoms with Crippen LogP contribution in [0.1, 0.15) is 11.3 Å². The summed E-state index contributed by atoms with van der Waals surface area (Å²) in [6.07, 6.45) is -4.50. The van der Waals surface area contributed by atoms with Gasteiger partial charge in [-0.2, -0.15) is 18.3 Å². The molecular weight excluding hydrogens is 248 g/mol. The largest absolute Gasteiger partial charge is 0.435 e. The maximum Gasteiger partial charge on any atom is 0.435 e. The van der Waals surface area contributed by atoms with Gasteiger partial charge in [-0.3, -0.25) is 4.68 Å². The van der Waals surface area contributed by atoms with E-state index in [1.165, 1.54) is 19.2 Å². The highest BCUT2D eigenvalue weighted by molar-refractivity contribution is 5.60. The minimum Gasteiger partial charge on any atom is -0.267 e. The number of rotatable bonds is 1. The van der Waals surface area contributed by atoms with Crippen LogP contribution in [0.5, 0.6) is 0 Å². The first-order valence-corrected chi connectivity index (χ1v) is 5.17. The Morgan fingerprint density at radius 2 is 1.83 bits per heavy atom. The minimum atomic E-state index is -4.50. The number of benzene rings is 1. The summed E-state index contributed by atoms with van der Waals surface area (Å²) in [5, 5.41) is 3.38. The summed E-state index contributed by atoms with van der Waals surface area (Å²) in [5.41, 5.74) is 0.0442. The highest BCUT2D eigenvalue weighted by Gasteiger charge is 2.34. The first-order chi connectivity index (χ1) is 8.29. The quantitative estimate of drug-likeness (QED) is 0.715. The lowest BCUT2D eigenvalue weighted by molar-refractivity contribution is -0.141. The van der Waals surface area contributed by atoms with Gasteiger partial charge >= 0.3 is 6.18 Å². The smallest absolute Gasteiger partial charge is 0.267 e. The first-order valence-electron chi connectivity index (χ1n) is 5.17. The summed E-state index contributed by atoms with van der Waals surface area (Å²) >= 11 is 0. The number of aryl methyl sites for hydroxylation is 2. The first kappa shape index (κ1) is 12.6. The molecule has 2 nitrogen and oxygen atoms in total. The van der Waals surface area contributed by atoms with Gasteiger partial charge in [0.15, 0.2) is 5.69 Å². The molecule has 6 heteroatoms. The molecule has 18 heavy (non-hydrogen) atoms. The van der Waals surface area contributed by atoms with Crippen molar-refractivity contribution in [3.63, 3.8) is 0 Å². The number of aromatic nitrogens is 2. The van der Waals surface area contributed by atoms with Gasteiger partial charge in [-0.1, -0.05) is 12.1 Å². The van der Waals surface area contributed by atoms with E-state index in [1.54, 1.807) is 13.0 Å². The van der Waals surface area contributed by atoms with Crippen LogP contribution >= 0.6 is 0 Å². The molecule has 1 aromatic carbocycles. The highest BCUT2D eigenvalue weighted by Crippen LogP contribution is 2.31. The van der Waals surface area contributed by atoms with Crippen molar-refractivity contribution in [2.45, 2.75) is 13.1 Å². The molecule has 1 aromatic heterocycles. The predicted molar refractivity (Wildman–Crippen MR) is 58.3 cm³/mol. The summed E-state index contributed by atoms with van der Waals surface area (Å²) in [4.78, 5) is 0. The molecule has 96 valence electrons. The average molecular weight is 258 g/mol. The third-order valence-corrected chi connectivity index (χ3v) is 2.64. The second-order valence-electron chi connectivity index (χ2n) is 4.00. The van der Waals surface area contributed by atoms with E-state index in [9.17, 15) is 17.6 Å². The zero-order chi connectivity index (χ0) is 13.5. The van der Waals surface area contributed by atoms with Crippen LogP contribution in [0.15, 0.2) is 24.3 Å². The third-order valence-electron chi connectivity index (χ3n) is 2.64. The Balaban J connectivity index is 2.51. The molecule has 2 aromatic rings. The molecule has 0 saturated carbocycles. The van der Waals surface area contributed by atoms with Gasteiger partial charge in [0, 0.05) is 12.6 Å². The van der Waals surface area contributed by atoms with Gasteiger partial charge in [0.2, 0.25) is 0 Å². The second-order valence-corrected chi connectivity index (χ2v) is 4.00. The normalized spacial score (nSPS) is 11.9. The van der Waals surface area contributed by atoms with Crippen LogP contribution in [0, 0.1) is 12.7 Å². The van der Waals surface area contributed by atoms with Crippen LogP contribution < -0.4 is 0 Å². The Hall–Kier alpha value is -1.85. The molecule has 1 heterocycles.